The number of hydrogen-bond acceptors (Lipinski definition) is 2. The molecule has 17 heavy (non-hydrogen) atoms. The molecule has 0 aliphatic carbocycles. The third kappa shape index (κ3) is 3.62. The molecule has 1 aliphatic rings. The number of hydrogen-bond donors (Lipinski definition) is 0. The van der Waals surface area contributed by atoms with Crippen LogP contribution < -0.4 is 0 Å². The molecule has 0 aromatic carbocycles. The van der Waals surface area contributed by atoms with Gasteiger partial charge in [0, 0.05) is 23.7 Å². The van der Waals surface area contributed by atoms with E-state index in [1.165, 1.54) is 0 Å². The van der Waals surface area contributed by atoms with E-state index in [2.05, 4.69) is 39.5 Å². The normalized spacial score (nSPS) is 26.1. The van der Waals surface area contributed by atoms with Crippen molar-refractivity contribution in [3.63, 3.8) is 0 Å². The average molecular weight is 248 g/mol. The predicted molar refractivity (Wildman–Crippen MR) is 67.6 cm³/mol. The molecule has 4 heteroatoms. The molecule has 0 unspecified atom stereocenters. The lowest BCUT2D eigenvalue weighted by molar-refractivity contribution is 0.0609. The van der Waals surface area contributed by atoms with Crippen molar-refractivity contribution in [2.75, 3.05) is 20.1 Å². The lowest BCUT2D eigenvalue weighted by Crippen LogP contribution is -2.50. The maximum absolute atomic E-state index is 12.4. The topological polar surface area (TPSA) is 6.48 Å². The van der Waals surface area contributed by atoms with Crippen LogP contribution >= 0.6 is 0 Å². The Kier molecular flexibility index (Phi) is 4.20. The second kappa shape index (κ2) is 4.81. The molecule has 0 amide bonds. The molecule has 0 radical (unpaired) electrons. The first-order valence-corrected chi connectivity index (χ1v) is 6.30. The van der Waals surface area contributed by atoms with E-state index in [0.717, 1.165) is 13.0 Å². The van der Waals surface area contributed by atoms with Gasteiger partial charge in [0.15, 0.2) is 0 Å². The molecule has 0 saturated carbocycles. The number of nitrogens with zero attached hydrogens (tertiary/aromatic N) is 2. The van der Waals surface area contributed by atoms with Crippen molar-refractivity contribution in [1.29, 1.82) is 0 Å². The Hall–Kier alpha value is -0.220. The van der Waals surface area contributed by atoms with Crippen LogP contribution in [0.25, 0.3) is 0 Å². The van der Waals surface area contributed by atoms with E-state index >= 15 is 0 Å². The van der Waals surface area contributed by atoms with Gasteiger partial charge in [0.05, 0.1) is 6.54 Å². The first-order chi connectivity index (χ1) is 7.54. The van der Waals surface area contributed by atoms with Crippen molar-refractivity contribution in [3.05, 3.63) is 0 Å². The fourth-order valence-electron chi connectivity index (χ4n) is 3.05. The first-order valence-electron chi connectivity index (χ1n) is 6.30. The van der Waals surface area contributed by atoms with E-state index in [1.807, 2.05) is 0 Å². The van der Waals surface area contributed by atoms with Crippen LogP contribution in [0.5, 0.6) is 0 Å². The van der Waals surface area contributed by atoms with Gasteiger partial charge in [-0.2, -0.15) is 0 Å². The number of likely N-dealkylation sites (N-methyl/N-ethyl adjacent to an activating group) is 1. The summed E-state index contributed by atoms with van der Waals surface area (Å²) in [6.07, 6.45) is -1.29. The fourth-order valence-corrected chi connectivity index (χ4v) is 3.05. The molecule has 1 saturated heterocycles. The SMILES string of the molecule is CN(CC(F)F)[C@H]1CN(C(C)(C)C)C(C)(C)C1. The molecule has 102 valence electrons. The van der Waals surface area contributed by atoms with Crippen LogP contribution in [0.1, 0.15) is 41.0 Å². The summed E-state index contributed by atoms with van der Waals surface area (Å²) in [5.41, 5.74) is 0.170. The van der Waals surface area contributed by atoms with E-state index in [1.54, 1.807) is 11.9 Å². The highest BCUT2D eigenvalue weighted by molar-refractivity contribution is 5.01. The Morgan fingerprint density at radius 2 is 1.88 bits per heavy atom. The minimum absolute atomic E-state index is 0.0826. The summed E-state index contributed by atoms with van der Waals surface area (Å²) in [5.74, 6) is 0. The molecule has 0 aromatic rings. The molecule has 1 heterocycles. The lowest BCUT2D eigenvalue weighted by Gasteiger charge is -2.42. The highest BCUT2D eigenvalue weighted by Gasteiger charge is 2.44. The van der Waals surface area contributed by atoms with Crippen molar-refractivity contribution in [3.8, 4) is 0 Å². The number of likely N-dealkylation sites (tertiary alicyclic amines) is 1. The fraction of sp³-hybridized carbons (Fsp3) is 1.00. The third-order valence-corrected chi connectivity index (χ3v) is 3.72. The lowest BCUT2D eigenvalue weighted by atomic mass is 9.95. The van der Waals surface area contributed by atoms with Crippen LogP contribution in [0.3, 0.4) is 0 Å². The van der Waals surface area contributed by atoms with Crippen LogP contribution in [0.4, 0.5) is 8.78 Å². The Labute approximate surface area is 104 Å². The summed E-state index contributed by atoms with van der Waals surface area (Å²) in [6, 6.07) is 0.234. The van der Waals surface area contributed by atoms with Gasteiger partial charge >= 0.3 is 0 Å². The Bertz CT molecular complexity index is 259. The van der Waals surface area contributed by atoms with E-state index in [-0.39, 0.29) is 23.7 Å². The van der Waals surface area contributed by atoms with Gasteiger partial charge in [-0.15, -0.1) is 0 Å². The predicted octanol–water partition coefficient (Wildman–Crippen LogP) is 2.83. The van der Waals surface area contributed by atoms with Gasteiger partial charge < -0.3 is 0 Å². The van der Waals surface area contributed by atoms with Gasteiger partial charge in [0.25, 0.3) is 6.43 Å². The Morgan fingerprint density at radius 1 is 1.35 bits per heavy atom. The van der Waals surface area contributed by atoms with E-state index < -0.39 is 6.43 Å². The second-order valence-corrected chi connectivity index (χ2v) is 6.78. The van der Waals surface area contributed by atoms with E-state index in [0.29, 0.717) is 0 Å². The zero-order valence-electron chi connectivity index (χ0n) is 11.9. The van der Waals surface area contributed by atoms with Gasteiger partial charge in [0.2, 0.25) is 0 Å². The monoisotopic (exact) mass is 248 g/mol. The largest absolute Gasteiger partial charge is 0.296 e. The Morgan fingerprint density at radius 3 is 2.24 bits per heavy atom. The molecular formula is C13H26F2N2. The van der Waals surface area contributed by atoms with Gasteiger partial charge in [-0.05, 0) is 48.1 Å². The summed E-state index contributed by atoms with van der Waals surface area (Å²) in [4.78, 5) is 4.23. The summed E-state index contributed by atoms with van der Waals surface area (Å²) in [5, 5.41) is 0. The maximum Gasteiger partial charge on any atom is 0.251 e. The van der Waals surface area contributed by atoms with Gasteiger partial charge in [-0.3, -0.25) is 9.80 Å². The zero-order chi connectivity index (χ0) is 13.4. The minimum Gasteiger partial charge on any atom is -0.296 e. The minimum atomic E-state index is -2.24. The van der Waals surface area contributed by atoms with Gasteiger partial charge in [-0.1, -0.05) is 0 Å². The molecule has 1 atom stereocenters. The van der Waals surface area contributed by atoms with E-state index in [4.69, 9.17) is 0 Å². The summed E-state index contributed by atoms with van der Waals surface area (Å²) >= 11 is 0. The quantitative estimate of drug-likeness (QED) is 0.758. The third-order valence-electron chi connectivity index (χ3n) is 3.72. The molecule has 2 nitrogen and oxygen atoms in total. The highest BCUT2D eigenvalue weighted by atomic mass is 19.3. The first kappa shape index (κ1) is 14.8. The van der Waals surface area contributed by atoms with E-state index in [9.17, 15) is 8.78 Å². The Balaban J connectivity index is 2.71. The summed E-state index contributed by atoms with van der Waals surface area (Å²) in [6.45, 7) is 11.7. The molecule has 1 aliphatic heterocycles. The molecule has 1 rings (SSSR count). The van der Waals surface area contributed by atoms with Crippen LogP contribution in [0, 0.1) is 0 Å². The molecule has 0 aromatic heterocycles. The highest BCUT2D eigenvalue weighted by Crippen LogP contribution is 2.36. The number of alkyl halides is 2. The molecule has 0 bridgehead atoms. The van der Waals surface area contributed by atoms with Gasteiger partial charge in [0.1, 0.15) is 0 Å². The maximum atomic E-state index is 12.4. The van der Waals surface area contributed by atoms with Crippen LogP contribution in [-0.2, 0) is 0 Å². The zero-order valence-corrected chi connectivity index (χ0v) is 11.9. The summed E-state index contributed by atoms with van der Waals surface area (Å²) < 4.78 is 24.8. The van der Waals surface area contributed by atoms with Crippen LogP contribution in [-0.4, -0.2) is 53.5 Å². The molecule has 0 N–H and O–H groups in total. The number of halogens is 2. The van der Waals surface area contributed by atoms with Gasteiger partial charge in [-0.25, -0.2) is 8.78 Å². The van der Waals surface area contributed by atoms with Crippen molar-refractivity contribution < 1.29 is 8.78 Å². The molecule has 0 spiro atoms. The van der Waals surface area contributed by atoms with Crippen molar-refractivity contribution in [1.82, 2.24) is 9.80 Å². The second-order valence-electron chi connectivity index (χ2n) is 6.78. The molecular weight excluding hydrogens is 222 g/mol. The smallest absolute Gasteiger partial charge is 0.251 e. The molecule has 1 fully saturated rings. The van der Waals surface area contributed by atoms with Crippen molar-refractivity contribution in [2.45, 2.75) is 64.6 Å². The average Bonchev–Trinajstić information content (AvgIpc) is 2.39. The number of rotatable bonds is 3. The van der Waals surface area contributed by atoms with Crippen molar-refractivity contribution in [2.24, 2.45) is 0 Å². The van der Waals surface area contributed by atoms with Crippen LogP contribution in [0.15, 0.2) is 0 Å². The van der Waals surface area contributed by atoms with Crippen LogP contribution in [0.2, 0.25) is 0 Å². The van der Waals surface area contributed by atoms with Crippen molar-refractivity contribution >= 4 is 0 Å². The standard InChI is InChI=1S/C13H26F2N2/c1-12(2,3)17-8-10(7-13(17,4)5)16(6)9-11(14)15/h10-11H,7-9H2,1-6H3/t10-/m1/s1. The summed E-state index contributed by atoms with van der Waals surface area (Å²) in [7, 11) is 1.80.